The van der Waals surface area contributed by atoms with Crippen molar-refractivity contribution in [1.82, 2.24) is 20.0 Å². The number of anilines is 1. The second kappa shape index (κ2) is 6.16. The molecule has 132 valence electrons. The minimum absolute atomic E-state index is 0.0128. The third-order valence-electron chi connectivity index (χ3n) is 4.64. The molecule has 4 rings (SSSR count). The van der Waals surface area contributed by atoms with Gasteiger partial charge in [0.05, 0.1) is 28.9 Å². The first-order valence-corrected chi connectivity index (χ1v) is 9.96. The van der Waals surface area contributed by atoms with Crippen LogP contribution in [0.15, 0.2) is 42.7 Å². The zero-order valence-electron chi connectivity index (χ0n) is 13.5. The highest BCUT2D eigenvalue weighted by Crippen LogP contribution is 2.24. The third kappa shape index (κ3) is 3.12. The minimum atomic E-state index is -3.11. The molecule has 8 nitrogen and oxygen atoms in total. The molecule has 3 heterocycles. The summed E-state index contributed by atoms with van der Waals surface area (Å²) in [5.41, 5.74) is 1.39. The molecule has 2 saturated heterocycles. The number of aromatic nitrogens is 2. The third-order valence-corrected chi connectivity index (χ3v) is 6.36. The average molecular weight is 361 g/mol. The summed E-state index contributed by atoms with van der Waals surface area (Å²) in [5, 5.41) is 10.3. The molecule has 0 saturated carbocycles. The highest BCUT2D eigenvalue weighted by molar-refractivity contribution is 7.91. The number of nitrogens with zero attached hydrogens (tertiary/aromatic N) is 3. The van der Waals surface area contributed by atoms with Gasteiger partial charge in [-0.2, -0.15) is 5.10 Å². The van der Waals surface area contributed by atoms with E-state index in [-0.39, 0.29) is 29.6 Å². The number of carbonyl (C=O) groups excluding carboxylic acids is 1. The molecule has 2 N–H and O–H groups in total. The van der Waals surface area contributed by atoms with E-state index in [0.29, 0.717) is 18.8 Å². The Hall–Kier alpha value is -2.39. The van der Waals surface area contributed by atoms with Gasteiger partial charge in [0.15, 0.2) is 9.84 Å². The maximum atomic E-state index is 12.8. The number of para-hydroxylation sites is 2. The molecule has 9 heteroatoms. The van der Waals surface area contributed by atoms with Gasteiger partial charge >= 0.3 is 6.03 Å². The van der Waals surface area contributed by atoms with Crippen LogP contribution in [0.5, 0.6) is 0 Å². The quantitative estimate of drug-likeness (QED) is 0.811. The number of benzene rings is 1. The highest BCUT2D eigenvalue weighted by atomic mass is 32.2. The molecule has 2 aliphatic heterocycles. The van der Waals surface area contributed by atoms with E-state index >= 15 is 0 Å². The van der Waals surface area contributed by atoms with Crippen molar-refractivity contribution in [3.05, 3.63) is 42.7 Å². The fourth-order valence-electron chi connectivity index (χ4n) is 3.50. The van der Waals surface area contributed by atoms with Gasteiger partial charge in [0.2, 0.25) is 0 Å². The summed E-state index contributed by atoms with van der Waals surface area (Å²) in [4.78, 5) is 14.4. The maximum absolute atomic E-state index is 12.8. The van der Waals surface area contributed by atoms with Crippen LogP contribution in [0.2, 0.25) is 0 Å². The molecule has 0 unspecified atom stereocenters. The van der Waals surface area contributed by atoms with Gasteiger partial charge in [-0.05, 0) is 18.2 Å². The van der Waals surface area contributed by atoms with E-state index in [4.69, 9.17) is 0 Å². The van der Waals surface area contributed by atoms with Crippen molar-refractivity contribution >= 4 is 21.6 Å². The molecule has 2 fully saturated rings. The summed E-state index contributed by atoms with van der Waals surface area (Å²) in [5.74, 6) is 0.101. The molecule has 0 radical (unpaired) electrons. The van der Waals surface area contributed by atoms with Crippen LogP contribution in [-0.4, -0.2) is 65.8 Å². The fourth-order valence-corrected chi connectivity index (χ4v) is 5.45. The maximum Gasteiger partial charge on any atom is 0.322 e. The first kappa shape index (κ1) is 16.1. The second-order valence-electron chi connectivity index (χ2n) is 6.30. The standard InChI is InChI=1S/C16H19N5O3S/c22-16(20-9-7-17-13-10-25(23,24)11-15(13)20)19-12-4-1-2-5-14(12)21-8-3-6-18-21/h1-6,8,13,15,17H,7,9-11H2,(H,19,22)/t13-,15+/m1/s1. The predicted octanol–water partition coefficient (Wildman–Crippen LogP) is 0.475. The highest BCUT2D eigenvalue weighted by Gasteiger charge is 2.44. The monoisotopic (exact) mass is 361 g/mol. The number of sulfone groups is 1. The summed E-state index contributed by atoms with van der Waals surface area (Å²) in [7, 11) is -3.11. The molecular weight excluding hydrogens is 342 g/mol. The SMILES string of the molecule is O=C(Nc1ccccc1-n1cccn1)N1CCN[C@@H]2CS(=O)(=O)C[C@@H]21. The van der Waals surface area contributed by atoms with E-state index in [1.165, 1.54) is 0 Å². The Morgan fingerprint density at radius 2 is 2.08 bits per heavy atom. The number of carbonyl (C=O) groups is 1. The number of fused-ring (bicyclic) bond motifs is 1. The van der Waals surface area contributed by atoms with E-state index in [2.05, 4.69) is 15.7 Å². The zero-order valence-corrected chi connectivity index (χ0v) is 14.3. The lowest BCUT2D eigenvalue weighted by Gasteiger charge is -2.37. The molecule has 2 amide bonds. The Kier molecular flexibility index (Phi) is 3.97. The van der Waals surface area contributed by atoms with Crippen molar-refractivity contribution in [2.75, 3.05) is 29.9 Å². The van der Waals surface area contributed by atoms with Gasteiger partial charge in [-0.15, -0.1) is 0 Å². The molecule has 1 aromatic heterocycles. The lowest BCUT2D eigenvalue weighted by Crippen LogP contribution is -2.59. The van der Waals surface area contributed by atoms with E-state index in [1.54, 1.807) is 28.0 Å². The zero-order chi connectivity index (χ0) is 17.4. The van der Waals surface area contributed by atoms with Crippen LogP contribution in [0.3, 0.4) is 0 Å². The summed E-state index contributed by atoms with van der Waals surface area (Å²) in [6.45, 7) is 1.07. The van der Waals surface area contributed by atoms with Crippen molar-refractivity contribution in [2.45, 2.75) is 12.1 Å². The Balaban J connectivity index is 1.57. The van der Waals surface area contributed by atoms with E-state index < -0.39 is 9.84 Å². The normalized spacial score (nSPS) is 24.7. The molecule has 25 heavy (non-hydrogen) atoms. The molecule has 2 aromatic rings. The molecule has 2 aliphatic rings. The topological polar surface area (TPSA) is 96.3 Å². The van der Waals surface area contributed by atoms with E-state index in [9.17, 15) is 13.2 Å². The summed E-state index contributed by atoms with van der Waals surface area (Å²) in [6.07, 6.45) is 3.47. The Labute approximate surface area is 145 Å². The van der Waals surface area contributed by atoms with Gasteiger partial charge in [0, 0.05) is 31.5 Å². The molecular formula is C16H19N5O3S. The van der Waals surface area contributed by atoms with Crippen molar-refractivity contribution < 1.29 is 13.2 Å². The molecule has 2 atom stereocenters. The van der Waals surface area contributed by atoms with Crippen LogP contribution in [0, 0.1) is 0 Å². The van der Waals surface area contributed by atoms with Crippen molar-refractivity contribution in [1.29, 1.82) is 0 Å². The van der Waals surface area contributed by atoms with Gasteiger partial charge in [0.1, 0.15) is 0 Å². The lowest BCUT2D eigenvalue weighted by molar-refractivity contribution is 0.163. The smallest absolute Gasteiger partial charge is 0.318 e. The van der Waals surface area contributed by atoms with Gasteiger partial charge in [-0.25, -0.2) is 17.9 Å². The number of hydrogen-bond donors (Lipinski definition) is 2. The number of amides is 2. The van der Waals surface area contributed by atoms with Gasteiger partial charge in [-0.1, -0.05) is 12.1 Å². The molecule has 0 aliphatic carbocycles. The van der Waals surface area contributed by atoms with Crippen LogP contribution < -0.4 is 10.6 Å². The number of nitrogens with one attached hydrogen (secondary N) is 2. The Morgan fingerprint density at radius 1 is 1.24 bits per heavy atom. The largest absolute Gasteiger partial charge is 0.322 e. The number of hydrogen-bond acceptors (Lipinski definition) is 5. The number of piperazine rings is 1. The van der Waals surface area contributed by atoms with Crippen LogP contribution in [0.1, 0.15) is 0 Å². The first-order chi connectivity index (χ1) is 12.0. The predicted molar refractivity (Wildman–Crippen MR) is 93.5 cm³/mol. The lowest BCUT2D eigenvalue weighted by atomic mass is 10.1. The number of urea groups is 1. The van der Waals surface area contributed by atoms with Gasteiger partial charge < -0.3 is 15.5 Å². The fraction of sp³-hybridized carbons (Fsp3) is 0.375. The average Bonchev–Trinajstić information content (AvgIpc) is 3.20. The second-order valence-corrected chi connectivity index (χ2v) is 8.45. The first-order valence-electron chi connectivity index (χ1n) is 8.14. The summed E-state index contributed by atoms with van der Waals surface area (Å²) >= 11 is 0. The molecule has 0 bridgehead atoms. The van der Waals surface area contributed by atoms with Crippen LogP contribution >= 0.6 is 0 Å². The van der Waals surface area contributed by atoms with Crippen LogP contribution in [-0.2, 0) is 9.84 Å². The van der Waals surface area contributed by atoms with Crippen molar-refractivity contribution in [2.24, 2.45) is 0 Å². The Bertz CT molecular complexity index is 881. The van der Waals surface area contributed by atoms with Gasteiger partial charge in [-0.3, -0.25) is 0 Å². The van der Waals surface area contributed by atoms with Crippen molar-refractivity contribution in [3.63, 3.8) is 0 Å². The summed E-state index contributed by atoms with van der Waals surface area (Å²) < 4.78 is 25.5. The van der Waals surface area contributed by atoms with Crippen LogP contribution in [0.4, 0.5) is 10.5 Å². The van der Waals surface area contributed by atoms with Crippen molar-refractivity contribution in [3.8, 4) is 5.69 Å². The van der Waals surface area contributed by atoms with E-state index in [0.717, 1.165) is 5.69 Å². The number of rotatable bonds is 2. The van der Waals surface area contributed by atoms with Gasteiger partial charge in [0.25, 0.3) is 0 Å². The van der Waals surface area contributed by atoms with E-state index in [1.807, 2.05) is 24.3 Å². The molecule has 0 spiro atoms. The Morgan fingerprint density at radius 3 is 2.88 bits per heavy atom. The summed E-state index contributed by atoms with van der Waals surface area (Å²) in [6, 6.07) is 8.39. The minimum Gasteiger partial charge on any atom is -0.318 e. The molecule has 1 aromatic carbocycles. The van der Waals surface area contributed by atoms with Crippen LogP contribution in [0.25, 0.3) is 5.69 Å².